The molecule has 0 aliphatic carbocycles. The molecule has 2 saturated heterocycles. The minimum atomic E-state index is 0.146. The highest BCUT2D eigenvalue weighted by molar-refractivity contribution is 8.00. The van der Waals surface area contributed by atoms with Crippen molar-refractivity contribution in [1.82, 2.24) is 4.90 Å². The Morgan fingerprint density at radius 2 is 2.00 bits per heavy atom. The number of rotatable bonds is 3. The summed E-state index contributed by atoms with van der Waals surface area (Å²) in [7, 11) is 2.29. The van der Waals surface area contributed by atoms with Crippen molar-refractivity contribution in [3.63, 3.8) is 0 Å². The van der Waals surface area contributed by atoms with Crippen molar-refractivity contribution in [3.8, 4) is 0 Å². The number of hydrogen-bond donors (Lipinski definition) is 1. The summed E-state index contributed by atoms with van der Waals surface area (Å²) < 4.78 is 0. The molecule has 0 radical (unpaired) electrons. The number of aliphatic hydroxyl groups is 1. The molecule has 3 rings (SSSR count). The highest BCUT2D eigenvalue weighted by atomic mass is 32.2. The molecule has 3 atom stereocenters. The second kappa shape index (κ2) is 5.24. The van der Waals surface area contributed by atoms with Crippen molar-refractivity contribution in [1.29, 1.82) is 0 Å². The highest BCUT2D eigenvalue weighted by Gasteiger charge is 2.38. The third-order valence-corrected chi connectivity index (χ3v) is 5.68. The van der Waals surface area contributed by atoms with Crippen molar-refractivity contribution < 1.29 is 5.11 Å². The standard InChI is InChI=1S/C15H21NOS/c1-16-12-5-6-13(16)9-15(8-12)18-14-4-2-3-11(7-14)10-17/h2-4,7,12-13,15,17H,5-6,8-10H2,1H3/t12-,13+,15?. The summed E-state index contributed by atoms with van der Waals surface area (Å²) >= 11 is 2.01. The fraction of sp³-hybridized carbons (Fsp3) is 0.600. The van der Waals surface area contributed by atoms with Crippen molar-refractivity contribution in [2.24, 2.45) is 0 Å². The Labute approximate surface area is 113 Å². The third kappa shape index (κ3) is 2.44. The zero-order chi connectivity index (χ0) is 12.5. The average molecular weight is 263 g/mol. The van der Waals surface area contributed by atoms with Gasteiger partial charge in [0, 0.05) is 22.2 Å². The van der Waals surface area contributed by atoms with Crippen LogP contribution in [0.25, 0.3) is 0 Å². The molecule has 98 valence electrons. The van der Waals surface area contributed by atoms with Gasteiger partial charge in [0.2, 0.25) is 0 Å². The quantitative estimate of drug-likeness (QED) is 0.907. The van der Waals surface area contributed by atoms with E-state index in [1.165, 1.54) is 30.6 Å². The van der Waals surface area contributed by atoms with Crippen LogP contribution in [0.1, 0.15) is 31.2 Å². The Morgan fingerprint density at radius 3 is 2.67 bits per heavy atom. The molecule has 2 aliphatic heterocycles. The van der Waals surface area contributed by atoms with Crippen LogP contribution in [0.3, 0.4) is 0 Å². The lowest BCUT2D eigenvalue weighted by Gasteiger charge is -2.36. The molecule has 0 spiro atoms. The van der Waals surface area contributed by atoms with E-state index in [1.807, 2.05) is 17.8 Å². The van der Waals surface area contributed by atoms with Crippen molar-refractivity contribution in [2.45, 2.75) is 54.5 Å². The van der Waals surface area contributed by atoms with E-state index in [9.17, 15) is 5.11 Å². The number of thioether (sulfide) groups is 1. The second-order valence-electron chi connectivity index (χ2n) is 5.57. The van der Waals surface area contributed by atoms with Gasteiger partial charge in [-0.15, -0.1) is 11.8 Å². The molecule has 1 unspecified atom stereocenters. The predicted octanol–water partition coefficient (Wildman–Crippen LogP) is 2.90. The molecule has 2 fully saturated rings. The van der Waals surface area contributed by atoms with Crippen molar-refractivity contribution >= 4 is 11.8 Å². The van der Waals surface area contributed by atoms with E-state index in [1.54, 1.807) is 0 Å². The molecule has 0 aromatic heterocycles. The lowest BCUT2D eigenvalue weighted by Crippen LogP contribution is -2.40. The summed E-state index contributed by atoms with van der Waals surface area (Å²) in [6, 6.07) is 9.96. The molecule has 3 heteroatoms. The first-order chi connectivity index (χ1) is 8.76. The van der Waals surface area contributed by atoms with Crippen LogP contribution in [-0.2, 0) is 6.61 Å². The largest absolute Gasteiger partial charge is 0.392 e. The van der Waals surface area contributed by atoms with E-state index in [4.69, 9.17) is 0 Å². The van der Waals surface area contributed by atoms with Crippen LogP contribution in [0.15, 0.2) is 29.2 Å². The fourth-order valence-corrected chi connectivity index (χ4v) is 4.77. The van der Waals surface area contributed by atoms with Crippen molar-refractivity contribution in [3.05, 3.63) is 29.8 Å². The number of nitrogens with zero attached hydrogens (tertiary/aromatic N) is 1. The van der Waals surface area contributed by atoms with E-state index in [-0.39, 0.29) is 6.61 Å². The van der Waals surface area contributed by atoms with Crippen molar-refractivity contribution in [2.75, 3.05) is 7.05 Å². The highest BCUT2D eigenvalue weighted by Crippen LogP contribution is 2.41. The summed E-state index contributed by atoms with van der Waals surface area (Å²) in [4.78, 5) is 3.90. The maximum absolute atomic E-state index is 9.18. The molecule has 2 bridgehead atoms. The van der Waals surface area contributed by atoms with Gasteiger partial charge in [0.15, 0.2) is 0 Å². The molecule has 1 N–H and O–H groups in total. The number of benzene rings is 1. The Kier molecular flexibility index (Phi) is 3.64. The molecule has 2 heterocycles. The van der Waals surface area contributed by atoms with Gasteiger partial charge in [0.25, 0.3) is 0 Å². The summed E-state index contributed by atoms with van der Waals surface area (Å²) in [5.74, 6) is 0. The monoisotopic (exact) mass is 263 g/mol. The van der Waals surface area contributed by atoms with Gasteiger partial charge in [-0.05, 0) is 50.4 Å². The van der Waals surface area contributed by atoms with Gasteiger partial charge < -0.3 is 10.0 Å². The Morgan fingerprint density at radius 1 is 1.28 bits per heavy atom. The lowest BCUT2D eigenvalue weighted by molar-refractivity contribution is 0.183. The smallest absolute Gasteiger partial charge is 0.0682 e. The molecule has 1 aromatic rings. The van der Waals surface area contributed by atoms with E-state index < -0.39 is 0 Å². The Hall–Kier alpha value is -0.510. The first-order valence-corrected chi connectivity index (χ1v) is 7.72. The van der Waals surface area contributed by atoms with Gasteiger partial charge in [-0.25, -0.2) is 0 Å². The van der Waals surface area contributed by atoms with Gasteiger partial charge in [-0.2, -0.15) is 0 Å². The van der Waals surface area contributed by atoms with Crippen LogP contribution in [0, 0.1) is 0 Å². The maximum Gasteiger partial charge on any atom is 0.0682 e. The van der Waals surface area contributed by atoms with Crippen LogP contribution >= 0.6 is 11.8 Å². The van der Waals surface area contributed by atoms with Crippen LogP contribution < -0.4 is 0 Å². The van der Waals surface area contributed by atoms with E-state index in [0.29, 0.717) is 0 Å². The number of fused-ring (bicyclic) bond motifs is 2. The van der Waals surface area contributed by atoms with E-state index >= 15 is 0 Å². The first kappa shape index (κ1) is 12.5. The van der Waals surface area contributed by atoms with Crippen LogP contribution in [0.5, 0.6) is 0 Å². The summed E-state index contributed by atoms with van der Waals surface area (Å²) in [5, 5.41) is 9.94. The minimum Gasteiger partial charge on any atom is -0.392 e. The minimum absolute atomic E-state index is 0.146. The lowest BCUT2D eigenvalue weighted by atomic mass is 10.0. The summed E-state index contributed by atoms with van der Waals surface area (Å²) in [6.07, 6.45) is 5.41. The Bertz CT molecular complexity index is 409. The van der Waals surface area contributed by atoms with E-state index in [0.717, 1.165) is 22.9 Å². The first-order valence-electron chi connectivity index (χ1n) is 6.84. The zero-order valence-corrected chi connectivity index (χ0v) is 11.7. The normalized spacial score (nSPS) is 31.8. The maximum atomic E-state index is 9.18. The second-order valence-corrected chi connectivity index (χ2v) is 6.94. The third-order valence-electron chi connectivity index (χ3n) is 4.44. The van der Waals surface area contributed by atoms with Crippen LogP contribution in [0.4, 0.5) is 0 Å². The van der Waals surface area contributed by atoms with Gasteiger partial charge in [0.1, 0.15) is 0 Å². The molecule has 0 saturated carbocycles. The number of aliphatic hydroxyl groups excluding tert-OH is 1. The molecule has 18 heavy (non-hydrogen) atoms. The number of piperidine rings is 1. The van der Waals surface area contributed by atoms with Crippen LogP contribution in [-0.4, -0.2) is 34.4 Å². The van der Waals surface area contributed by atoms with Gasteiger partial charge in [-0.1, -0.05) is 12.1 Å². The van der Waals surface area contributed by atoms with Gasteiger partial charge in [-0.3, -0.25) is 0 Å². The summed E-state index contributed by atoms with van der Waals surface area (Å²) in [6.45, 7) is 0.146. The summed E-state index contributed by atoms with van der Waals surface area (Å²) in [5.41, 5.74) is 1.02. The van der Waals surface area contributed by atoms with E-state index in [2.05, 4.69) is 30.1 Å². The van der Waals surface area contributed by atoms with Gasteiger partial charge in [0.05, 0.1) is 6.61 Å². The number of hydrogen-bond acceptors (Lipinski definition) is 3. The van der Waals surface area contributed by atoms with Crippen LogP contribution in [0.2, 0.25) is 0 Å². The molecular weight excluding hydrogens is 242 g/mol. The topological polar surface area (TPSA) is 23.5 Å². The predicted molar refractivity (Wildman–Crippen MR) is 75.8 cm³/mol. The molecule has 0 amide bonds. The fourth-order valence-electron chi connectivity index (χ4n) is 3.37. The molecular formula is C15H21NOS. The SMILES string of the molecule is CN1[C@@H]2CC[C@H]1CC(Sc1cccc(CO)c1)C2. The molecule has 1 aromatic carbocycles. The zero-order valence-electron chi connectivity index (χ0n) is 10.9. The Balaban J connectivity index is 1.66. The average Bonchev–Trinajstić information content (AvgIpc) is 2.62. The molecule has 2 aliphatic rings. The van der Waals surface area contributed by atoms with Gasteiger partial charge >= 0.3 is 0 Å². The molecule has 2 nitrogen and oxygen atoms in total.